The number of halogens is 2. The Balaban J connectivity index is 1.81. The number of nitrogens with two attached hydrogens (primary N) is 1. The quantitative estimate of drug-likeness (QED) is 0.620. The minimum Gasteiger partial charge on any atom is -0.334 e. The van der Waals surface area contributed by atoms with Crippen molar-refractivity contribution in [3.05, 3.63) is 65.2 Å². The maximum absolute atomic E-state index is 13.7. The van der Waals surface area contributed by atoms with E-state index < -0.39 is 23.0 Å². The van der Waals surface area contributed by atoms with Gasteiger partial charge >= 0.3 is 0 Å². The molecule has 5 nitrogen and oxygen atoms in total. The Kier molecular flexibility index (Phi) is 7.61. The molecule has 2 aromatic carbocycles. The summed E-state index contributed by atoms with van der Waals surface area (Å²) in [6.07, 6.45) is 3.97. The zero-order valence-corrected chi connectivity index (χ0v) is 18.7. The molecule has 7 heteroatoms. The van der Waals surface area contributed by atoms with Gasteiger partial charge in [-0.3, -0.25) is 9.59 Å². The van der Waals surface area contributed by atoms with Gasteiger partial charge < -0.3 is 16.0 Å². The summed E-state index contributed by atoms with van der Waals surface area (Å²) in [6, 6.07) is 10.1. The highest BCUT2D eigenvalue weighted by Gasteiger charge is 2.26. The number of hydrogen-bond donors (Lipinski definition) is 2. The van der Waals surface area contributed by atoms with Crippen LogP contribution in [0.2, 0.25) is 0 Å². The Morgan fingerprint density at radius 3 is 2.38 bits per heavy atom. The van der Waals surface area contributed by atoms with Crippen molar-refractivity contribution in [1.82, 2.24) is 4.90 Å². The Bertz CT molecular complexity index is 951. The van der Waals surface area contributed by atoms with Crippen LogP contribution < -0.4 is 11.1 Å². The van der Waals surface area contributed by atoms with Crippen molar-refractivity contribution in [3.8, 4) is 0 Å². The van der Waals surface area contributed by atoms with Gasteiger partial charge in [0.25, 0.3) is 5.91 Å². The van der Waals surface area contributed by atoms with Crippen LogP contribution in [0.4, 0.5) is 14.5 Å². The van der Waals surface area contributed by atoms with E-state index in [2.05, 4.69) is 5.32 Å². The molecule has 3 N–H and O–H groups in total. The first-order valence-corrected chi connectivity index (χ1v) is 11.0. The summed E-state index contributed by atoms with van der Waals surface area (Å²) in [5, 5.41) is 2.97. The van der Waals surface area contributed by atoms with Gasteiger partial charge in [0.1, 0.15) is 11.6 Å². The number of anilines is 1. The number of benzene rings is 2. The molecule has 0 saturated heterocycles. The summed E-state index contributed by atoms with van der Waals surface area (Å²) in [7, 11) is 0. The van der Waals surface area contributed by atoms with E-state index in [4.69, 9.17) is 5.73 Å². The summed E-state index contributed by atoms with van der Waals surface area (Å²) in [6.45, 7) is 4.72. The van der Waals surface area contributed by atoms with E-state index in [9.17, 15) is 18.4 Å². The molecule has 2 aromatic rings. The second-order valence-corrected chi connectivity index (χ2v) is 9.36. The SMILES string of the molecule is CC(C)(CN)CN(Cc1cccc(NC(=O)C2CCCC2)c1)C(=O)c1cc(F)cc(F)c1. The van der Waals surface area contributed by atoms with Crippen molar-refractivity contribution in [2.45, 2.75) is 46.1 Å². The normalized spacial score (nSPS) is 14.4. The average molecular weight is 444 g/mol. The lowest BCUT2D eigenvalue weighted by Crippen LogP contribution is -2.41. The van der Waals surface area contributed by atoms with Gasteiger partial charge in [-0.2, -0.15) is 0 Å². The molecule has 0 unspecified atom stereocenters. The molecular weight excluding hydrogens is 412 g/mol. The van der Waals surface area contributed by atoms with E-state index in [0.29, 0.717) is 18.8 Å². The monoisotopic (exact) mass is 443 g/mol. The van der Waals surface area contributed by atoms with Crippen LogP contribution in [0, 0.1) is 23.0 Å². The predicted molar refractivity (Wildman–Crippen MR) is 121 cm³/mol. The Morgan fingerprint density at radius 1 is 1.09 bits per heavy atom. The third-order valence-corrected chi connectivity index (χ3v) is 5.86. The standard InChI is InChI=1S/C25H31F2N3O2/c1-25(2,15-28)16-30(24(32)19-11-20(26)13-21(27)12-19)14-17-6-5-9-22(10-17)29-23(31)18-7-3-4-8-18/h5-6,9-13,18H,3-4,7-8,14-16,28H2,1-2H3,(H,29,31). The number of nitrogens with zero attached hydrogens (tertiary/aromatic N) is 1. The van der Waals surface area contributed by atoms with Gasteiger partial charge in [-0.15, -0.1) is 0 Å². The highest BCUT2D eigenvalue weighted by atomic mass is 19.1. The third kappa shape index (κ3) is 6.36. The van der Waals surface area contributed by atoms with Crippen LogP contribution in [0.15, 0.2) is 42.5 Å². The van der Waals surface area contributed by atoms with E-state index in [-0.39, 0.29) is 23.9 Å². The first-order chi connectivity index (χ1) is 15.2. The Hall–Kier alpha value is -2.80. The zero-order valence-electron chi connectivity index (χ0n) is 18.7. The van der Waals surface area contributed by atoms with Crippen LogP contribution >= 0.6 is 0 Å². The van der Waals surface area contributed by atoms with E-state index in [1.165, 1.54) is 0 Å². The molecular formula is C25H31F2N3O2. The van der Waals surface area contributed by atoms with Crippen molar-refractivity contribution in [3.63, 3.8) is 0 Å². The van der Waals surface area contributed by atoms with Crippen LogP contribution in [0.1, 0.15) is 55.5 Å². The molecule has 1 saturated carbocycles. The molecule has 0 radical (unpaired) electrons. The maximum atomic E-state index is 13.7. The molecule has 1 fully saturated rings. The van der Waals surface area contributed by atoms with Crippen LogP contribution in [0.3, 0.4) is 0 Å². The summed E-state index contributed by atoms with van der Waals surface area (Å²) in [5.41, 5.74) is 6.89. The van der Waals surface area contributed by atoms with Gasteiger partial charge in [0.15, 0.2) is 0 Å². The van der Waals surface area contributed by atoms with Gasteiger partial charge in [-0.25, -0.2) is 8.78 Å². The first-order valence-electron chi connectivity index (χ1n) is 11.0. The molecule has 1 aliphatic carbocycles. The van der Waals surface area contributed by atoms with Gasteiger partial charge in [-0.05, 0) is 54.6 Å². The number of amides is 2. The van der Waals surface area contributed by atoms with Crippen molar-refractivity contribution in [1.29, 1.82) is 0 Å². The molecule has 0 spiro atoms. The fourth-order valence-corrected chi connectivity index (χ4v) is 4.04. The van der Waals surface area contributed by atoms with Crippen molar-refractivity contribution in [2.75, 3.05) is 18.4 Å². The van der Waals surface area contributed by atoms with E-state index in [1.54, 1.807) is 4.90 Å². The topological polar surface area (TPSA) is 75.4 Å². The molecule has 172 valence electrons. The lowest BCUT2D eigenvalue weighted by atomic mass is 9.92. The van der Waals surface area contributed by atoms with Crippen LogP contribution in [0.25, 0.3) is 0 Å². The number of hydrogen-bond acceptors (Lipinski definition) is 3. The van der Waals surface area contributed by atoms with Crippen LogP contribution in [0.5, 0.6) is 0 Å². The molecule has 0 atom stereocenters. The summed E-state index contributed by atoms with van der Waals surface area (Å²) in [4.78, 5) is 27.2. The number of carbonyl (C=O) groups is 2. The largest absolute Gasteiger partial charge is 0.334 e. The average Bonchev–Trinajstić information content (AvgIpc) is 3.27. The summed E-state index contributed by atoms with van der Waals surface area (Å²) < 4.78 is 27.4. The minimum absolute atomic E-state index is 0.0204. The summed E-state index contributed by atoms with van der Waals surface area (Å²) >= 11 is 0. The highest BCUT2D eigenvalue weighted by molar-refractivity contribution is 5.94. The van der Waals surface area contributed by atoms with Crippen molar-refractivity contribution in [2.24, 2.45) is 17.1 Å². The molecule has 3 rings (SSSR count). The zero-order chi connectivity index (χ0) is 23.3. The third-order valence-electron chi connectivity index (χ3n) is 5.86. The fraction of sp³-hybridized carbons (Fsp3) is 0.440. The summed E-state index contributed by atoms with van der Waals surface area (Å²) in [5.74, 6) is -2.02. The Morgan fingerprint density at radius 2 is 1.75 bits per heavy atom. The Labute approximate surface area is 188 Å². The molecule has 0 heterocycles. The molecule has 0 bridgehead atoms. The number of nitrogens with one attached hydrogen (secondary N) is 1. The molecule has 32 heavy (non-hydrogen) atoms. The minimum atomic E-state index is -0.803. The van der Waals surface area contributed by atoms with Gasteiger partial charge in [0.05, 0.1) is 0 Å². The second kappa shape index (κ2) is 10.2. The molecule has 0 aliphatic heterocycles. The highest BCUT2D eigenvalue weighted by Crippen LogP contribution is 2.26. The lowest BCUT2D eigenvalue weighted by molar-refractivity contribution is -0.119. The van der Waals surface area contributed by atoms with E-state index in [0.717, 1.165) is 49.4 Å². The number of rotatable bonds is 8. The first kappa shape index (κ1) is 23.9. The van der Waals surface area contributed by atoms with Gasteiger partial charge in [0.2, 0.25) is 5.91 Å². The van der Waals surface area contributed by atoms with E-state index >= 15 is 0 Å². The fourth-order valence-electron chi connectivity index (χ4n) is 4.04. The second-order valence-electron chi connectivity index (χ2n) is 9.36. The predicted octanol–water partition coefficient (Wildman–Crippen LogP) is 4.72. The molecule has 0 aromatic heterocycles. The van der Waals surface area contributed by atoms with Crippen molar-refractivity contribution < 1.29 is 18.4 Å². The van der Waals surface area contributed by atoms with E-state index in [1.807, 2.05) is 38.1 Å². The van der Waals surface area contributed by atoms with Crippen LogP contribution in [-0.4, -0.2) is 29.8 Å². The van der Waals surface area contributed by atoms with Crippen LogP contribution in [-0.2, 0) is 11.3 Å². The number of carbonyl (C=O) groups excluding carboxylic acids is 2. The molecule has 1 aliphatic rings. The smallest absolute Gasteiger partial charge is 0.254 e. The van der Waals surface area contributed by atoms with Crippen molar-refractivity contribution >= 4 is 17.5 Å². The molecule has 2 amide bonds. The van der Waals surface area contributed by atoms with Gasteiger partial charge in [-0.1, -0.05) is 38.8 Å². The lowest BCUT2D eigenvalue weighted by Gasteiger charge is -2.32. The van der Waals surface area contributed by atoms with Gasteiger partial charge in [0, 0.05) is 36.3 Å². The maximum Gasteiger partial charge on any atom is 0.254 e.